The fourth-order valence-electron chi connectivity index (χ4n) is 6.80. The molecule has 0 saturated carbocycles. The van der Waals surface area contributed by atoms with Crippen LogP contribution in [0.4, 0.5) is 0 Å². The van der Waals surface area contributed by atoms with E-state index in [1.54, 1.807) is 12.1 Å². The molecule has 10 heteroatoms. The van der Waals surface area contributed by atoms with E-state index in [1.807, 2.05) is 50.4 Å². The van der Waals surface area contributed by atoms with Gasteiger partial charge in [0.05, 0.1) is 26.3 Å². The quantitative estimate of drug-likeness (QED) is 0.286. The van der Waals surface area contributed by atoms with Gasteiger partial charge in [-0.25, -0.2) is 0 Å². The predicted molar refractivity (Wildman–Crippen MR) is 179 cm³/mol. The Morgan fingerprint density at radius 3 is 2.39 bits per heavy atom. The number of H-pyrrole nitrogens is 1. The third-order valence-electron chi connectivity index (χ3n) is 9.16. The summed E-state index contributed by atoms with van der Waals surface area (Å²) in [6.45, 7) is 10.5. The van der Waals surface area contributed by atoms with Gasteiger partial charge in [-0.2, -0.15) is 0 Å². The lowest BCUT2D eigenvalue weighted by molar-refractivity contribution is -0.147. The molecule has 2 N–H and O–H groups in total. The maximum absolute atomic E-state index is 14.2. The van der Waals surface area contributed by atoms with E-state index >= 15 is 0 Å². The predicted octanol–water partition coefficient (Wildman–Crippen LogP) is 4.52. The van der Waals surface area contributed by atoms with Crippen molar-refractivity contribution in [3.63, 3.8) is 0 Å². The van der Waals surface area contributed by atoms with Gasteiger partial charge in [-0.15, -0.1) is 0 Å². The second-order valence-corrected chi connectivity index (χ2v) is 12.4. The molecule has 46 heavy (non-hydrogen) atoms. The van der Waals surface area contributed by atoms with Gasteiger partial charge >= 0.3 is 0 Å². The van der Waals surface area contributed by atoms with Crippen LogP contribution in [0.1, 0.15) is 64.0 Å². The zero-order valence-corrected chi connectivity index (χ0v) is 27.6. The van der Waals surface area contributed by atoms with Gasteiger partial charge in [-0.3, -0.25) is 24.2 Å². The molecule has 248 valence electrons. The highest BCUT2D eigenvalue weighted by atomic mass is 16.5. The van der Waals surface area contributed by atoms with Gasteiger partial charge in [0.25, 0.3) is 5.91 Å². The number of hydrogen-bond donors (Lipinski definition) is 2. The first-order valence-electron chi connectivity index (χ1n) is 16.9. The molecule has 2 aromatic carbocycles. The lowest BCUT2D eigenvalue weighted by Gasteiger charge is -2.40. The number of hydrogen-bond acceptors (Lipinski definition) is 7. The summed E-state index contributed by atoms with van der Waals surface area (Å²) in [6.07, 6.45) is 8.10. The monoisotopic (exact) mass is 631 g/mol. The number of imide groups is 1. The van der Waals surface area contributed by atoms with Crippen LogP contribution in [0.5, 0.6) is 11.5 Å². The van der Waals surface area contributed by atoms with E-state index in [4.69, 9.17) is 9.47 Å². The summed E-state index contributed by atoms with van der Waals surface area (Å²) in [5, 5.41) is 4.01. The zero-order chi connectivity index (χ0) is 32.5. The van der Waals surface area contributed by atoms with Gasteiger partial charge in [-0.05, 0) is 81.9 Å². The van der Waals surface area contributed by atoms with Crippen molar-refractivity contribution in [1.29, 1.82) is 0 Å². The number of piperidine rings is 2. The number of rotatable bonds is 13. The molecule has 0 radical (unpaired) electrons. The molecular formula is C36H49N5O5. The molecular weight excluding hydrogens is 582 g/mol. The Balaban J connectivity index is 1.31. The minimum absolute atomic E-state index is 0.0465. The number of amides is 3. The first-order chi connectivity index (χ1) is 22.4. The molecule has 2 aliphatic rings. The maximum Gasteiger partial charge on any atom is 0.252 e. The van der Waals surface area contributed by atoms with Crippen molar-refractivity contribution < 1.29 is 23.9 Å². The molecule has 1 unspecified atom stereocenters. The molecule has 0 spiro atoms. The van der Waals surface area contributed by atoms with Crippen LogP contribution in [-0.2, 0) is 27.3 Å². The van der Waals surface area contributed by atoms with Crippen LogP contribution in [-0.4, -0.2) is 95.4 Å². The van der Waals surface area contributed by atoms with Crippen molar-refractivity contribution in [2.75, 3.05) is 45.9 Å². The van der Waals surface area contributed by atoms with Gasteiger partial charge in [0, 0.05) is 49.6 Å². The minimum Gasteiger partial charge on any atom is -0.490 e. The number of aromatic amines is 1. The number of benzene rings is 2. The van der Waals surface area contributed by atoms with Crippen LogP contribution in [0.2, 0.25) is 0 Å². The van der Waals surface area contributed by atoms with Crippen molar-refractivity contribution in [1.82, 2.24) is 25.0 Å². The Bertz CT molecular complexity index is 1470. The average molecular weight is 632 g/mol. The molecule has 10 nitrogen and oxygen atoms in total. The van der Waals surface area contributed by atoms with Crippen LogP contribution in [0.15, 0.2) is 48.7 Å². The lowest BCUT2D eigenvalue weighted by Crippen LogP contribution is -2.54. The molecule has 5 rings (SSSR count). The van der Waals surface area contributed by atoms with E-state index < -0.39 is 17.9 Å². The van der Waals surface area contributed by atoms with E-state index in [0.29, 0.717) is 30.8 Å². The summed E-state index contributed by atoms with van der Waals surface area (Å²) in [6, 6.07) is 13.0. The van der Waals surface area contributed by atoms with Crippen LogP contribution in [0.25, 0.3) is 10.9 Å². The maximum atomic E-state index is 14.2. The molecule has 0 aliphatic carbocycles. The summed E-state index contributed by atoms with van der Waals surface area (Å²) < 4.78 is 11.5. The molecule has 0 bridgehead atoms. The van der Waals surface area contributed by atoms with E-state index in [-0.39, 0.29) is 25.4 Å². The van der Waals surface area contributed by atoms with E-state index in [9.17, 15) is 14.4 Å². The van der Waals surface area contributed by atoms with Crippen molar-refractivity contribution in [2.45, 2.75) is 77.9 Å². The molecule has 3 amide bonds. The first-order valence-corrected chi connectivity index (χ1v) is 16.9. The Morgan fingerprint density at radius 1 is 0.957 bits per heavy atom. The molecule has 2 fully saturated rings. The Morgan fingerprint density at radius 2 is 1.67 bits per heavy atom. The van der Waals surface area contributed by atoms with Gasteiger partial charge in [0.2, 0.25) is 11.8 Å². The largest absolute Gasteiger partial charge is 0.490 e. The molecule has 2 saturated heterocycles. The minimum atomic E-state index is -0.921. The number of carbonyl (C=O) groups excluding carboxylic acids is 3. The third-order valence-corrected chi connectivity index (χ3v) is 9.16. The average Bonchev–Trinajstić information content (AvgIpc) is 3.47. The second-order valence-electron chi connectivity index (χ2n) is 12.4. The normalized spacial score (nSPS) is 17.0. The molecule has 3 heterocycles. The number of carbonyl (C=O) groups is 3. The highest BCUT2D eigenvalue weighted by Crippen LogP contribution is 2.29. The number of fused-ring (bicyclic) bond motifs is 1. The number of nitrogens with one attached hydrogen (secondary N) is 2. The standard InChI is InChI=1S/C36H49N5O5/c1-4-45-33-14-13-27(21-34(33)46-5-2)24-41(26(3)42)36(44)32(22-28-23-37-31-12-8-7-11-30(28)31)38-35(43)25-39-19-15-29(16-20-39)40-17-9-6-10-18-40/h7-8,11-14,21,23,29,32,37H,4-6,9-10,15-20,22,24-25H2,1-3H3,(H,38,43). The number of likely N-dealkylation sites (tertiary alicyclic amines) is 2. The highest BCUT2D eigenvalue weighted by molar-refractivity contribution is 5.99. The fraction of sp³-hybridized carbons (Fsp3) is 0.528. The van der Waals surface area contributed by atoms with Crippen molar-refractivity contribution in [3.8, 4) is 11.5 Å². The van der Waals surface area contributed by atoms with Crippen LogP contribution >= 0.6 is 0 Å². The second kappa shape index (κ2) is 16.1. The van der Waals surface area contributed by atoms with Crippen LogP contribution in [0.3, 0.4) is 0 Å². The Labute approximate surface area is 272 Å². The smallest absolute Gasteiger partial charge is 0.252 e. The number of nitrogens with zero attached hydrogens (tertiary/aromatic N) is 3. The Kier molecular flexibility index (Phi) is 11.7. The van der Waals surface area contributed by atoms with E-state index in [0.717, 1.165) is 48.0 Å². The molecule has 1 atom stereocenters. The Hall–Kier alpha value is -3.89. The van der Waals surface area contributed by atoms with E-state index in [2.05, 4.69) is 20.1 Å². The van der Waals surface area contributed by atoms with Crippen molar-refractivity contribution >= 4 is 28.6 Å². The van der Waals surface area contributed by atoms with E-state index in [1.165, 1.54) is 44.2 Å². The fourth-order valence-corrected chi connectivity index (χ4v) is 6.80. The lowest BCUT2D eigenvalue weighted by atomic mass is 10.00. The molecule has 2 aliphatic heterocycles. The van der Waals surface area contributed by atoms with Crippen molar-refractivity contribution in [3.05, 3.63) is 59.8 Å². The van der Waals surface area contributed by atoms with Crippen molar-refractivity contribution in [2.24, 2.45) is 0 Å². The summed E-state index contributed by atoms with van der Waals surface area (Å²) in [4.78, 5) is 49.9. The van der Waals surface area contributed by atoms with Crippen LogP contribution < -0.4 is 14.8 Å². The highest BCUT2D eigenvalue weighted by Gasteiger charge is 2.31. The molecule has 1 aromatic heterocycles. The summed E-state index contributed by atoms with van der Waals surface area (Å²) in [5.41, 5.74) is 2.58. The number of ether oxygens (including phenoxy) is 2. The van der Waals surface area contributed by atoms with Gasteiger partial charge in [0.15, 0.2) is 11.5 Å². The van der Waals surface area contributed by atoms with Gasteiger partial charge < -0.3 is 24.7 Å². The number of aromatic nitrogens is 1. The van der Waals surface area contributed by atoms with Crippen LogP contribution in [0, 0.1) is 0 Å². The van der Waals surface area contributed by atoms with Gasteiger partial charge in [-0.1, -0.05) is 30.7 Å². The topological polar surface area (TPSA) is 107 Å². The number of para-hydroxylation sites is 1. The third kappa shape index (κ3) is 8.47. The first kappa shape index (κ1) is 33.5. The molecule has 3 aromatic rings. The zero-order valence-electron chi connectivity index (χ0n) is 27.6. The summed E-state index contributed by atoms with van der Waals surface area (Å²) in [5.74, 6) is 0.123. The SMILES string of the molecule is CCOc1ccc(CN(C(C)=O)C(=O)C(Cc2c[nH]c3ccccc23)NC(=O)CN2CCC(N3CCCCC3)CC2)cc1OCC. The van der Waals surface area contributed by atoms with Gasteiger partial charge in [0.1, 0.15) is 6.04 Å². The summed E-state index contributed by atoms with van der Waals surface area (Å²) in [7, 11) is 0. The summed E-state index contributed by atoms with van der Waals surface area (Å²) >= 11 is 0.